The van der Waals surface area contributed by atoms with Crippen molar-refractivity contribution in [3.8, 4) is 0 Å². The number of carbonyl (C=O) groups is 2. The fourth-order valence-corrected chi connectivity index (χ4v) is 2.31. The highest BCUT2D eigenvalue weighted by Crippen LogP contribution is 2.34. The van der Waals surface area contributed by atoms with Crippen LogP contribution in [0.15, 0.2) is 24.3 Å². The van der Waals surface area contributed by atoms with Gasteiger partial charge in [0.05, 0.1) is 5.92 Å². The number of carboxylic acids is 1. The SMILES string of the molecule is C[C@H](C(=O)O)C1C=CC=CC1(Cl)NC(=O)OC(C)(C)C. The molecule has 112 valence electrons. The molecule has 6 heteroatoms. The number of hydrogen-bond donors (Lipinski definition) is 2. The number of nitrogens with one attached hydrogen (secondary N) is 1. The second kappa shape index (κ2) is 5.87. The third kappa shape index (κ3) is 4.27. The minimum Gasteiger partial charge on any atom is -0.481 e. The topological polar surface area (TPSA) is 75.6 Å². The van der Waals surface area contributed by atoms with Crippen molar-refractivity contribution in [1.29, 1.82) is 0 Å². The summed E-state index contributed by atoms with van der Waals surface area (Å²) in [6, 6.07) is 0. The number of aliphatic carboxylic acids is 1. The van der Waals surface area contributed by atoms with Crippen LogP contribution in [-0.2, 0) is 9.53 Å². The van der Waals surface area contributed by atoms with Crippen molar-refractivity contribution in [3.05, 3.63) is 24.3 Å². The Bertz CT molecular complexity index is 453. The van der Waals surface area contributed by atoms with E-state index in [4.69, 9.17) is 21.4 Å². The lowest BCUT2D eigenvalue weighted by Gasteiger charge is -2.36. The molecule has 5 nitrogen and oxygen atoms in total. The van der Waals surface area contributed by atoms with E-state index in [0.717, 1.165) is 0 Å². The van der Waals surface area contributed by atoms with Crippen molar-refractivity contribution in [2.24, 2.45) is 11.8 Å². The van der Waals surface area contributed by atoms with Crippen LogP contribution in [-0.4, -0.2) is 27.8 Å². The number of halogens is 1. The van der Waals surface area contributed by atoms with Gasteiger partial charge >= 0.3 is 12.1 Å². The van der Waals surface area contributed by atoms with Crippen molar-refractivity contribution < 1.29 is 19.4 Å². The highest BCUT2D eigenvalue weighted by atomic mass is 35.5. The molecule has 0 aromatic carbocycles. The molecule has 0 heterocycles. The molecule has 0 radical (unpaired) electrons. The lowest BCUT2D eigenvalue weighted by molar-refractivity contribution is -0.142. The van der Waals surface area contributed by atoms with Gasteiger partial charge in [-0.25, -0.2) is 4.79 Å². The van der Waals surface area contributed by atoms with Gasteiger partial charge in [-0.1, -0.05) is 36.8 Å². The molecule has 0 saturated heterocycles. The Kier molecular flexibility index (Phi) is 4.86. The second-order valence-electron chi connectivity index (χ2n) is 5.79. The molecule has 0 aromatic heterocycles. The number of amides is 1. The van der Waals surface area contributed by atoms with Crippen molar-refractivity contribution in [3.63, 3.8) is 0 Å². The minimum absolute atomic E-state index is 0.570. The summed E-state index contributed by atoms with van der Waals surface area (Å²) in [5.74, 6) is -2.30. The summed E-state index contributed by atoms with van der Waals surface area (Å²) in [5, 5.41) is 11.7. The van der Waals surface area contributed by atoms with Crippen molar-refractivity contribution in [2.75, 3.05) is 0 Å². The van der Waals surface area contributed by atoms with Gasteiger partial charge in [-0.3, -0.25) is 10.1 Å². The zero-order valence-electron chi connectivity index (χ0n) is 12.0. The summed E-state index contributed by atoms with van der Waals surface area (Å²) >= 11 is 6.39. The van der Waals surface area contributed by atoms with E-state index in [2.05, 4.69) is 5.32 Å². The minimum atomic E-state index is -1.31. The number of rotatable bonds is 3. The van der Waals surface area contributed by atoms with E-state index in [1.54, 1.807) is 52.0 Å². The summed E-state index contributed by atoms with van der Waals surface area (Å²) < 4.78 is 5.15. The second-order valence-corrected chi connectivity index (χ2v) is 6.42. The molecule has 20 heavy (non-hydrogen) atoms. The van der Waals surface area contributed by atoms with E-state index < -0.39 is 34.5 Å². The number of hydrogen-bond acceptors (Lipinski definition) is 3. The van der Waals surface area contributed by atoms with Crippen LogP contribution in [0.5, 0.6) is 0 Å². The predicted octanol–water partition coefficient (Wildman–Crippen LogP) is 2.91. The van der Waals surface area contributed by atoms with Gasteiger partial charge in [-0.05, 0) is 26.8 Å². The average Bonchev–Trinajstić information content (AvgIpc) is 2.25. The number of alkyl halides is 1. The van der Waals surface area contributed by atoms with E-state index in [1.807, 2.05) is 0 Å². The fourth-order valence-electron chi connectivity index (χ4n) is 1.90. The number of alkyl carbamates (subject to hydrolysis) is 1. The maximum absolute atomic E-state index is 11.8. The van der Waals surface area contributed by atoms with Gasteiger partial charge in [0, 0.05) is 5.92 Å². The molecule has 2 N–H and O–H groups in total. The van der Waals surface area contributed by atoms with E-state index in [0.29, 0.717) is 0 Å². The maximum Gasteiger partial charge on any atom is 0.409 e. The molecule has 1 amide bonds. The van der Waals surface area contributed by atoms with Gasteiger partial charge < -0.3 is 9.84 Å². The van der Waals surface area contributed by atoms with Crippen molar-refractivity contribution in [2.45, 2.75) is 38.3 Å². The molecule has 0 spiro atoms. The van der Waals surface area contributed by atoms with Gasteiger partial charge in [0.25, 0.3) is 0 Å². The lowest BCUT2D eigenvalue weighted by Crippen LogP contribution is -2.52. The van der Waals surface area contributed by atoms with Gasteiger partial charge in [-0.2, -0.15) is 0 Å². The molecule has 0 fully saturated rings. The molecule has 1 aliphatic carbocycles. The third-order valence-electron chi connectivity index (χ3n) is 2.87. The highest BCUT2D eigenvalue weighted by Gasteiger charge is 2.42. The summed E-state index contributed by atoms with van der Waals surface area (Å²) in [4.78, 5) is 21.7. The quantitative estimate of drug-likeness (QED) is 0.621. The van der Waals surface area contributed by atoms with Gasteiger partial charge in [0.15, 0.2) is 0 Å². The Morgan fingerprint density at radius 1 is 1.40 bits per heavy atom. The van der Waals surface area contributed by atoms with Crippen LogP contribution in [0.4, 0.5) is 4.79 Å². The van der Waals surface area contributed by atoms with Crippen LogP contribution >= 0.6 is 11.6 Å². The van der Waals surface area contributed by atoms with E-state index in [-0.39, 0.29) is 0 Å². The van der Waals surface area contributed by atoms with Crippen LogP contribution < -0.4 is 5.32 Å². The Labute approximate surface area is 123 Å². The van der Waals surface area contributed by atoms with Crippen molar-refractivity contribution in [1.82, 2.24) is 5.32 Å². The van der Waals surface area contributed by atoms with Crippen LogP contribution in [0.3, 0.4) is 0 Å². The molecular weight excluding hydrogens is 282 g/mol. The Morgan fingerprint density at radius 2 is 2.00 bits per heavy atom. The first-order valence-electron chi connectivity index (χ1n) is 6.34. The lowest BCUT2D eigenvalue weighted by atomic mass is 9.84. The zero-order valence-corrected chi connectivity index (χ0v) is 12.8. The molecule has 1 rings (SSSR count). The third-order valence-corrected chi connectivity index (χ3v) is 3.35. The van der Waals surface area contributed by atoms with Crippen LogP contribution in [0.2, 0.25) is 0 Å². The first-order chi connectivity index (χ1) is 9.05. The van der Waals surface area contributed by atoms with Crippen LogP contribution in [0.1, 0.15) is 27.7 Å². The van der Waals surface area contributed by atoms with Gasteiger partial charge in [-0.15, -0.1) is 0 Å². The molecule has 0 aliphatic heterocycles. The summed E-state index contributed by atoms with van der Waals surface area (Å²) in [5.41, 5.74) is -0.653. The smallest absolute Gasteiger partial charge is 0.409 e. The largest absolute Gasteiger partial charge is 0.481 e. The van der Waals surface area contributed by atoms with Crippen LogP contribution in [0, 0.1) is 11.8 Å². The molecule has 2 unspecified atom stereocenters. The first kappa shape index (κ1) is 16.6. The Hall–Kier alpha value is -1.49. The van der Waals surface area contributed by atoms with Crippen molar-refractivity contribution >= 4 is 23.7 Å². The maximum atomic E-state index is 11.8. The zero-order chi connectivity index (χ0) is 15.6. The summed E-state index contributed by atoms with van der Waals surface area (Å²) in [7, 11) is 0. The average molecular weight is 302 g/mol. The Balaban J connectivity index is 2.88. The molecule has 3 atom stereocenters. The fraction of sp³-hybridized carbons (Fsp3) is 0.571. The number of ether oxygens (including phenoxy) is 1. The molecule has 0 aromatic rings. The molecule has 1 aliphatic rings. The van der Waals surface area contributed by atoms with Gasteiger partial charge in [0.1, 0.15) is 10.6 Å². The van der Waals surface area contributed by atoms with E-state index >= 15 is 0 Å². The first-order valence-corrected chi connectivity index (χ1v) is 6.72. The number of carbonyl (C=O) groups excluding carboxylic acids is 1. The number of carboxylic acid groups (broad SMARTS) is 1. The Morgan fingerprint density at radius 3 is 2.50 bits per heavy atom. The molecule has 0 saturated carbocycles. The van der Waals surface area contributed by atoms with Crippen LogP contribution in [0.25, 0.3) is 0 Å². The van der Waals surface area contributed by atoms with Gasteiger partial charge in [0.2, 0.25) is 0 Å². The number of allylic oxidation sites excluding steroid dienone is 2. The summed E-state index contributed by atoms with van der Waals surface area (Å²) in [6.07, 6.45) is 5.91. The molecular formula is C14H20ClNO4. The normalized spacial score (nSPS) is 26.9. The standard InChI is InChI=1S/C14H20ClNO4/c1-9(11(17)18)10-7-5-6-8-14(10,15)16-12(19)20-13(2,3)4/h5-10H,1-4H3,(H,16,19)(H,17,18)/t9-,10?,14?/m0/s1. The van der Waals surface area contributed by atoms with E-state index in [1.165, 1.54) is 0 Å². The van der Waals surface area contributed by atoms with E-state index in [9.17, 15) is 9.59 Å². The highest BCUT2D eigenvalue weighted by molar-refractivity contribution is 6.26. The molecule has 0 bridgehead atoms. The monoisotopic (exact) mass is 301 g/mol. The predicted molar refractivity (Wildman–Crippen MR) is 76.5 cm³/mol. The summed E-state index contributed by atoms with van der Waals surface area (Å²) in [6.45, 7) is 6.76.